The van der Waals surface area contributed by atoms with E-state index in [1.807, 2.05) is 32.1 Å². The summed E-state index contributed by atoms with van der Waals surface area (Å²) >= 11 is 1.17. The number of amides is 1. The summed E-state index contributed by atoms with van der Waals surface area (Å²) in [5.74, 6) is -0.185. The summed E-state index contributed by atoms with van der Waals surface area (Å²) < 4.78 is 0. The molecular formula is C12H12N2OS. The lowest BCUT2D eigenvalue weighted by Crippen LogP contribution is -2.18. The van der Waals surface area contributed by atoms with E-state index in [0.717, 1.165) is 11.1 Å². The fourth-order valence-electron chi connectivity index (χ4n) is 1.57. The van der Waals surface area contributed by atoms with Crippen molar-refractivity contribution in [2.75, 3.05) is 0 Å². The van der Waals surface area contributed by atoms with Crippen LogP contribution >= 0.6 is 11.8 Å². The van der Waals surface area contributed by atoms with Crippen LogP contribution in [0.15, 0.2) is 23.1 Å². The number of hydrogen-bond acceptors (Lipinski definition) is 3. The van der Waals surface area contributed by atoms with Gasteiger partial charge in [-0.3, -0.25) is 10.2 Å². The SMILES string of the molecule is Cc1ccc(/C=C2\SC(=N)NC2=O)c(C)c1. The quantitative estimate of drug-likeness (QED) is 0.731. The van der Waals surface area contributed by atoms with Crippen LogP contribution in [-0.4, -0.2) is 11.1 Å². The molecule has 1 heterocycles. The molecule has 2 N–H and O–H groups in total. The molecule has 1 saturated heterocycles. The Balaban J connectivity index is 2.36. The third kappa shape index (κ3) is 2.17. The van der Waals surface area contributed by atoms with Crippen molar-refractivity contribution in [2.24, 2.45) is 0 Å². The summed E-state index contributed by atoms with van der Waals surface area (Å²) in [6.45, 7) is 4.05. The maximum atomic E-state index is 11.4. The van der Waals surface area contributed by atoms with E-state index in [9.17, 15) is 4.79 Å². The van der Waals surface area contributed by atoms with Crippen molar-refractivity contribution in [3.8, 4) is 0 Å². The average molecular weight is 232 g/mol. The highest BCUT2D eigenvalue weighted by atomic mass is 32.2. The maximum absolute atomic E-state index is 11.4. The first kappa shape index (κ1) is 11.0. The molecule has 82 valence electrons. The van der Waals surface area contributed by atoms with Gasteiger partial charge in [0.05, 0.1) is 4.91 Å². The smallest absolute Gasteiger partial charge is 0.264 e. The van der Waals surface area contributed by atoms with Crippen LogP contribution in [0.2, 0.25) is 0 Å². The van der Waals surface area contributed by atoms with Crippen molar-refractivity contribution in [2.45, 2.75) is 13.8 Å². The van der Waals surface area contributed by atoms with E-state index in [0.29, 0.717) is 4.91 Å². The van der Waals surface area contributed by atoms with Gasteiger partial charge in [-0.2, -0.15) is 0 Å². The van der Waals surface area contributed by atoms with Crippen molar-refractivity contribution >= 4 is 28.9 Å². The number of carbonyl (C=O) groups excluding carboxylic acids is 1. The fourth-order valence-corrected chi connectivity index (χ4v) is 2.26. The zero-order chi connectivity index (χ0) is 11.7. The van der Waals surface area contributed by atoms with Gasteiger partial charge in [0.15, 0.2) is 5.17 Å². The van der Waals surface area contributed by atoms with Gasteiger partial charge in [0, 0.05) is 0 Å². The summed E-state index contributed by atoms with van der Waals surface area (Å²) in [5.41, 5.74) is 3.37. The third-order valence-electron chi connectivity index (χ3n) is 2.37. The number of rotatable bonds is 1. The molecular weight excluding hydrogens is 220 g/mol. The minimum atomic E-state index is -0.185. The van der Waals surface area contributed by atoms with Crippen LogP contribution in [0.5, 0.6) is 0 Å². The van der Waals surface area contributed by atoms with Crippen molar-refractivity contribution in [3.05, 3.63) is 39.8 Å². The van der Waals surface area contributed by atoms with Gasteiger partial charge in [0.1, 0.15) is 0 Å². The zero-order valence-electron chi connectivity index (χ0n) is 9.13. The van der Waals surface area contributed by atoms with E-state index >= 15 is 0 Å². The summed E-state index contributed by atoms with van der Waals surface area (Å²) in [6, 6.07) is 6.09. The fraction of sp³-hybridized carbons (Fsp3) is 0.167. The number of hydrogen-bond donors (Lipinski definition) is 2. The molecule has 1 aliphatic heterocycles. The van der Waals surface area contributed by atoms with Crippen molar-refractivity contribution in [3.63, 3.8) is 0 Å². The molecule has 2 rings (SSSR count). The molecule has 0 spiro atoms. The van der Waals surface area contributed by atoms with E-state index in [4.69, 9.17) is 5.41 Å². The van der Waals surface area contributed by atoms with Crippen LogP contribution in [0.25, 0.3) is 6.08 Å². The Labute approximate surface area is 98.4 Å². The first-order valence-electron chi connectivity index (χ1n) is 4.93. The maximum Gasteiger partial charge on any atom is 0.264 e. The number of thioether (sulfide) groups is 1. The van der Waals surface area contributed by atoms with Crippen molar-refractivity contribution < 1.29 is 4.79 Å². The molecule has 0 aromatic heterocycles. The van der Waals surface area contributed by atoms with Gasteiger partial charge >= 0.3 is 0 Å². The topological polar surface area (TPSA) is 53.0 Å². The lowest BCUT2D eigenvalue weighted by atomic mass is 10.1. The van der Waals surface area contributed by atoms with Crippen LogP contribution in [0.4, 0.5) is 0 Å². The van der Waals surface area contributed by atoms with Gasteiger partial charge in [-0.25, -0.2) is 0 Å². The predicted octanol–water partition coefficient (Wildman–Crippen LogP) is 2.44. The molecule has 4 heteroatoms. The van der Waals surface area contributed by atoms with Gasteiger partial charge in [0.2, 0.25) is 0 Å². The van der Waals surface area contributed by atoms with Crippen molar-refractivity contribution in [1.82, 2.24) is 5.32 Å². The highest BCUT2D eigenvalue weighted by Gasteiger charge is 2.22. The molecule has 0 aliphatic carbocycles. The molecule has 0 unspecified atom stereocenters. The lowest BCUT2D eigenvalue weighted by Gasteiger charge is -2.02. The average Bonchev–Trinajstić information content (AvgIpc) is 2.50. The summed E-state index contributed by atoms with van der Waals surface area (Å²) in [5, 5.41) is 10.0. The molecule has 1 aromatic carbocycles. The predicted molar refractivity (Wildman–Crippen MR) is 67.4 cm³/mol. The van der Waals surface area contributed by atoms with Gasteiger partial charge in [-0.1, -0.05) is 23.8 Å². The van der Waals surface area contributed by atoms with Crippen molar-refractivity contribution in [1.29, 1.82) is 5.41 Å². The Hall–Kier alpha value is -1.55. The minimum Gasteiger partial charge on any atom is -0.301 e. The Bertz CT molecular complexity index is 506. The summed E-state index contributed by atoms with van der Waals surface area (Å²) in [4.78, 5) is 12.0. The molecule has 1 aromatic rings. The highest BCUT2D eigenvalue weighted by Crippen LogP contribution is 2.26. The first-order chi connectivity index (χ1) is 7.56. The molecule has 0 radical (unpaired) electrons. The van der Waals surface area contributed by atoms with Crippen LogP contribution in [-0.2, 0) is 4.79 Å². The van der Waals surface area contributed by atoms with E-state index in [-0.39, 0.29) is 11.1 Å². The van der Waals surface area contributed by atoms with Gasteiger partial charge in [0.25, 0.3) is 5.91 Å². The number of benzene rings is 1. The van der Waals surface area contributed by atoms with E-state index in [1.54, 1.807) is 0 Å². The molecule has 1 fully saturated rings. The van der Waals surface area contributed by atoms with Crippen LogP contribution in [0.3, 0.4) is 0 Å². The number of amidine groups is 1. The molecule has 0 bridgehead atoms. The molecule has 0 atom stereocenters. The Morgan fingerprint density at radius 1 is 1.38 bits per heavy atom. The van der Waals surface area contributed by atoms with Gasteiger partial charge < -0.3 is 5.32 Å². The largest absolute Gasteiger partial charge is 0.301 e. The second-order valence-electron chi connectivity index (χ2n) is 3.75. The lowest BCUT2D eigenvalue weighted by molar-refractivity contribution is -0.115. The second kappa shape index (κ2) is 4.14. The van der Waals surface area contributed by atoms with Crippen LogP contribution in [0.1, 0.15) is 16.7 Å². The number of nitrogens with one attached hydrogen (secondary N) is 2. The Morgan fingerprint density at radius 2 is 2.12 bits per heavy atom. The minimum absolute atomic E-state index is 0.185. The zero-order valence-corrected chi connectivity index (χ0v) is 9.94. The third-order valence-corrected chi connectivity index (χ3v) is 3.20. The van der Waals surface area contributed by atoms with Crippen LogP contribution in [0, 0.1) is 19.3 Å². The second-order valence-corrected chi connectivity index (χ2v) is 4.81. The normalized spacial score (nSPS) is 18.0. The Morgan fingerprint density at radius 3 is 2.69 bits per heavy atom. The van der Waals surface area contributed by atoms with E-state index in [2.05, 4.69) is 11.4 Å². The molecule has 16 heavy (non-hydrogen) atoms. The molecule has 0 saturated carbocycles. The standard InChI is InChI=1S/C12H12N2OS/c1-7-3-4-9(8(2)5-7)6-10-11(15)14-12(13)16-10/h3-6H,1-2H3,(H2,13,14,15)/b10-6-. The molecule has 1 aliphatic rings. The van der Waals surface area contributed by atoms with Gasteiger partial charge in [-0.05, 0) is 42.8 Å². The number of carbonyl (C=O) groups is 1. The van der Waals surface area contributed by atoms with Gasteiger partial charge in [-0.15, -0.1) is 0 Å². The molecule has 3 nitrogen and oxygen atoms in total. The Kier molecular flexibility index (Phi) is 2.83. The highest BCUT2D eigenvalue weighted by molar-refractivity contribution is 8.18. The van der Waals surface area contributed by atoms with E-state index < -0.39 is 0 Å². The van der Waals surface area contributed by atoms with Crippen LogP contribution < -0.4 is 5.32 Å². The first-order valence-corrected chi connectivity index (χ1v) is 5.74. The number of aryl methyl sites for hydroxylation is 2. The monoisotopic (exact) mass is 232 g/mol. The van der Waals surface area contributed by atoms with E-state index in [1.165, 1.54) is 17.3 Å². The summed E-state index contributed by atoms with van der Waals surface area (Å²) in [7, 11) is 0. The summed E-state index contributed by atoms with van der Waals surface area (Å²) in [6.07, 6.45) is 1.83. The molecule has 1 amide bonds.